The Hall–Kier alpha value is -2.39. The van der Waals surface area contributed by atoms with Gasteiger partial charge in [-0.2, -0.15) is 4.99 Å². The third kappa shape index (κ3) is 2.24. The second-order valence-electron chi connectivity index (χ2n) is 5.99. The van der Waals surface area contributed by atoms with Gasteiger partial charge in [0.1, 0.15) is 0 Å². The largest absolute Gasteiger partial charge is 0.332 e. The fourth-order valence-electron chi connectivity index (χ4n) is 3.46. The van der Waals surface area contributed by atoms with E-state index in [4.69, 9.17) is 0 Å². The molecule has 1 aromatic heterocycles. The van der Waals surface area contributed by atoms with Crippen LogP contribution in [0.4, 0.5) is 0 Å². The van der Waals surface area contributed by atoms with Gasteiger partial charge in [0.15, 0.2) is 0 Å². The molecule has 1 aliphatic rings. The molecule has 0 unspecified atom stereocenters. The summed E-state index contributed by atoms with van der Waals surface area (Å²) in [6, 6.07) is 7.79. The van der Waals surface area contributed by atoms with Crippen LogP contribution in [0, 0.1) is 6.92 Å². The first-order valence-electron chi connectivity index (χ1n) is 7.52. The maximum atomic E-state index is 12.3. The van der Waals surface area contributed by atoms with Crippen molar-refractivity contribution in [3.05, 3.63) is 52.2 Å². The molecule has 0 spiro atoms. The lowest BCUT2D eigenvalue weighted by Crippen LogP contribution is -2.23. The molecule has 1 heterocycles. The van der Waals surface area contributed by atoms with Crippen molar-refractivity contribution in [2.75, 3.05) is 0 Å². The number of aryl methyl sites for hydroxylation is 2. The second-order valence-corrected chi connectivity index (χ2v) is 5.99. The van der Waals surface area contributed by atoms with Crippen molar-refractivity contribution < 1.29 is 4.79 Å². The molecule has 0 radical (unpaired) electrons. The summed E-state index contributed by atoms with van der Waals surface area (Å²) >= 11 is 0. The molecule has 22 heavy (non-hydrogen) atoms. The lowest BCUT2D eigenvalue weighted by Gasteiger charge is -2.23. The number of aromatic nitrogens is 2. The maximum absolute atomic E-state index is 12.3. The summed E-state index contributed by atoms with van der Waals surface area (Å²) in [5, 5.41) is 0. The zero-order valence-electron chi connectivity index (χ0n) is 12.9. The normalized spacial score (nSPS) is 16.5. The predicted molar refractivity (Wildman–Crippen MR) is 84.0 cm³/mol. The third-order valence-electron chi connectivity index (χ3n) is 4.56. The van der Waals surface area contributed by atoms with Crippen LogP contribution in [0.5, 0.6) is 0 Å². The highest BCUT2D eigenvalue weighted by Gasteiger charge is 2.35. The summed E-state index contributed by atoms with van der Waals surface area (Å²) in [5.41, 5.74) is 2.14. The molecule has 5 nitrogen and oxygen atoms in total. The number of nitrogens with zero attached hydrogens (tertiary/aromatic N) is 3. The Bertz CT molecular complexity index is 804. The van der Waals surface area contributed by atoms with Crippen molar-refractivity contribution in [2.24, 2.45) is 12.0 Å². The molecule has 1 aromatic carbocycles. The average Bonchev–Trinajstić information content (AvgIpc) is 3.06. The number of hydrogen-bond donors (Lipinski definition) is 0. The predicted octanol–water partition coefficient (Wildman–Crippen LogP) is 2.59. The van der Waals surface area contributed by atoms with Crippen LogP contribution < -0.4 is 5.69 Å². The van der Waals surface area contributed by atoms with Crippen LogP contribution in [-0.4, -0.2) is 15.2 Å². The minimum absolute atomic E-state index is 0.0750. The van der Waals surface area contributed by atoms with Crippen LogP contribution in [0.2, 0.25) is 0 Å². The molecule has 0 aliphatic heterocycles. The Morgan fingerprint density at radius 3 is 2.59 bits per heavy atom. The minimum Gasteiger partial charge on any atom is -0.302 e. The highest BCUT2D eigenvalue weighted by molar-refractivity contribution is 5.44. The van der Waals surface area contributed by atoms with E-state index in [2.05, 4.69) is 4.99 Å². The molecule has 0 atom stereocenters. The Labute approximate surface area is 128 Å². The first-order valence-corrected chi connectivity index (χ1v) is 7.52. The molecule has 2 aromatic rings. The highest BCUT2D eigenvalue weighted by atomic mass is 16.1. The summed E-state index contributed by atoms with van der Waals surface area (Å²) in [6.45, 7) is 1.91. The standard InChI is InChI=1S/C17H19N3O2/c1-13-11-19(2)16(22)20(13)15-7-5-6-14(10-15)17(18-12-21)8-3-4-9-17/h5-7,10-11H,3-4,8-9H2,1-2H3. The van der Waals surface area contributed by atoms with E-state index in [0.717, 1.165) is 42.6 Å². The highest BCUT2D eigenvalue weighted by Crippen LogP contribution is 2.42. The first-order chi connectivity index (χ1) is 10.6. The van der Waals surface area contributed by atoms with E-state index < -0.39 is 5.54 Å². The van der Waals surface area contributed by atoms with E-state index in [9.17, 15) is 9.59 Å². The topological polar surface area (TPSA) is 56.4 Å². The molecular formula is C17H19N3O2. The Morgan fingerprint density at radius 1 is 1.27 bits per heavy atom. The smallest absolute Gasteiger partial charge is 0.302 e. The van der Waals surface area contributed by atoms with E-state index in [0.29, 0.717) is 0 Å². The van der Waals surface area contributed by atoms with Crippen molar-refractivity contribution in [1.29, 1.82) is 0 Å². The quantitative estimate of drug-likeness (QED) is 0.646. The number of hydrogen-bond acceptors (Lipinski definition) is 3. The van der Waals surface area contributed by atoms with E-state index in [1.165, 1.54) is 0 Å². The van der Waals surface area contributed by atoms with E-state index in [1.54, 1.807) is 22.3 Å². The summed E-state index contributed by atoms with van der Waals surface area (Å²) in [6.07, 6.45) is 7.37. The summed E-state index contributed by atoms with van der Waals surface area (Å²) in [4.78, 5) is 27.2. The number of aliphatic imine (C=N–C) groups is 1. The van der Waals surface area contributed by atoms with E-state index in [1.807, 2.05) is 37.4 Å². The monoisotopic (exact) mass is 297 g/mol. The molecule has 114 valence electrons. The number of imidazole rings is 1. The average molecular weight is 297 g/mol. The lowest BCUT2D eigenvalue weighted by molar-refractivity contribution is 0.455. The molecule has 3 rings (SSSR count). The van der Waals surface area contributed by atoms with Gasteiger partial charge in [-0.3, -0.25) is 4.57 Å². The van der Waals surface area contributed by atoms with Crippen molar-refractivity contribution in [3.8, 4) is 5.69 Å². The van der Waals surface area contributed by atoms with Crippen molar-refractivity contribution >= 4 is 6.08 Å². The SMILES string of the molecule is Cc1cn(C)c(=O)n1-c1cccc(C2(N=C=O)CCCC2)c1. The van der Waals surface area contributed by atoms with Crippen molar-refractivity contribution in [1.82, 2.24) is 9.13 Å². The number of carbonyl (C=O) groups excluding carboxylic acids is 1. The van der Waals surface area contributed by atoms with Gasteiger partial charge in [-0.05, 0) is 37.5 Å². The Kier molecular flexibility index (Phi) is 3.59. The van der Waals surface area contributed by atoms with Gasteiger partial charge < -0.3 is 4.57 Å². The fraction of sp³-hybridized carbons (Fsp3) is 0.412. The lowest BCUT2D eigenvalue weighted by atomic mass is 9.88. The molecule has 1 saturated carbocycles. The van der Waals surface area contributed by atoms with Gasteiger partial charge in [-0.1, -0.05) is 25.0 Å². The third-order valence-corrected chi connectivity index (χ3v) is 4.56. The Balaban J connectivity index is 2.14. The van der Waals surface area contributed by atoms with Crippen molar-refractivity contribution in [3.63, 3.8) is 0 Å². The number of isocyanates is 1. The van der Waals surface area contributed by atoms with E-state index in [-0.39, 0.29) is 5.69 Å². The van der Waals surface area contributed by atoms with Gasteiger partial charge in [0.25, 0.3) is 0 Å². The van der Waals surface area contributed by atoms with Crippen LogP contribution in [0.1, 0.15) is 36.9 Å². The molecule has 5 heteroatoms. The number of rotatable bonds is 3. The second kappa shape index (κ2) is 5.43. The van der Waals surface area contributed by atoms with Gasteiger partial charge in [0.05, 0.1) is 11.2 Å². The Morgan fingerprint density at radius 2 is 2.00 bits per heavy atom. The number of benzene rings is 1. The molecular weight excluding hydrogens is 278 g/mol. The van der Waals surface area contributed by atoms with Gasteiger partial charge in [-0.25, -0.2) is 9.59 Å². The molecule has 0 saturated heterocycles. The maximum Gasteiger partial charge on any atom is 0.332 e. The van der Waals surface area contributed by atoms with Crippen LogP contribution in [0.3, 0.4) is 0 Å². The first kappa shape index (κ1) is 14.5. The molecule has 0 N–H and O–H groups in total. The zero-order valence-corrected chi connectivity index (χ0v) is 12.9. The van der Waals surface area contributed by atoms with Gasteiger partial charge in [0, 0.05) is 18.9 Å². The molecule has 1 fully saturated rings. The van der Waals surface area contributed by atoms with Crippen LogP contribution in [0.15, 0.2) is 40.2 Å². The van der Waals surface area contributed by atoms with Gasteiger partial charge in [-0.15, -0.1) is 0 Å². The summed E-state index contributed by atoms with van der Waals surface area (Å²) in [7, 11) is 1.74. The molecule has 0 bridgehead atoms. The van der Waals surface area contributed by atoms with Gasteiger partial charge >= 0.3 is 5.69 Å². The van der Waals surface area contributed by atoms with Crippen LogP contribution in [0.25, 0.3) is 5.69 Å². The fourth-order valence-corrected chi connectivity index (χ4v) is 3.46. The minimum atomic E-state index is -0.468. The molecule has 1 aliphatic carbocycles. The van der Waals surface area contributed by atoms with E-state index >= 15 is 0 Å². The van der Waals surface area contributed by atoms with Crippen LogP contribution in [-0.2, 0) is 17.4 Å². The summed E-state index contributed by atoms with van der Waals surface area (Å²) in [5.74, 6) is 0. The van der Waals surface area contributed by atoms with Gasteiger partial charge in [0.2, 0.25) is 6.08 Å². The van der Waals surface area contributed by atoms with Crippen molar-refractivity contribution in [2.45, 2.75) is 38.1 Å². The summed E-state index contributed by atoms with van der Waals surface area (Å²) < 4.78 is 3.24. The molecule has 0 amide bonds. The van der Waals surface area contributed by atoms with Crippen LogP contribution >= 0.6 is 0 Å². The zero-order chi connectivity index (χ0) is 15.7.